The standard InChI is InChI=1S/C21H21N3O5S/c1-14-15(2)23-29-21(14)24-30(26,27)18-11-9-17(10-12-18)22-20(25)13-8-16-6-4-5-7-19(16)28-3/h4-13,24H,1-3H3,(H,22,25)/b13-8+. The molecule has 9 heteroatoms. The number of hydrogen-bond donors (Lipinski definition) is 2. The molecule has 0 saturated heterocycles. The molecule has 8 nitrogen and oxygen atoms in total. The van der Waals surface area contributed by atoms with Crippen molar-refractivity contribution in [3.63, 3.8) is 0 Å². The molecule has 3 rings (SSSR count). The first kappa shape index (κ1) is 21.1. The number of para-hydroxylation sites is 1. The fourth-order valence-corrected chi connectivity index (χ4v) is 3.61. The number of aryl methyl sites for hydroxylation is 1. The van der Waals surface area contributed by atoms with E-state index >= 15 is 0 Å². The molecular weight excluding hydrogens is 406 g/mol. The van der Waals surface area contributed by atoms with Gasteiger partial charge in [0.1, 0.15) is 5.75 Å². The van der Waals surface area contributed by atoms with E-state index < -0.39 is 10.0 Å². The van der Waals surface area contributed by atoms with Crippen molar-refractivity contribution < 1.29 is 22.5 Å². The Hall–Kier alpha value is -3.59. The van der Waals surface area contributed by atoms with E-state index in [0.717, 1.165) is 5.56 Å². The fourth-order valence-electron chi connectivity index (χ4n) is 2.56. The number of anilines is 2. The van der Waals surface area contributed by atoms with Gasteiger partial charge in [-0.2, -0.15) is 0 Å². The van der Waals surface area contributed by atoms with Crippen molar-refractivity contribution in [3.8, 4) is 5.75 Å². The van der Waals surface area contributed by atoms with Crippen LogP contribution in [0, 0.1) is 13.8 Å². The van der Waals surface area contributed by atoms with Crippen molar-refractivity contribution in [2.75, 3.05) is 17.1 Å². The van der Waals surface area contributed by atoms with E-state index in [4.69, 9.17) is 9.26 Å². The third kappa shape index (κ3) is 4.87. The molecule has 3 aromatic rings. The summed E-state index contributed by atoms with van der Waals surface area (Å²) in [4.78, 5) is 12.2. The van der Waals surface area contributed by atoms with E-state index in [-0.39, 0.29) is 16.7 Å². The molecule has 0 radical (unpaired) electrons. The second kappa shape index (κ2) is 8.83. The number of sulfonamides is 1. The Bertz CT molecular complexity index is 1180. The quantitative estimate of drug-likeness (QED) is 0.556. The highest BCUT2D eigenvalue weighted by atomic mass is 32.2. The zero-order chi connectivity index (χ0) is 21.7. The molecule has 2 N–H and O–H groups in total. The Morgan fingerprint density at radius 1 is 1.10 bits per heavy atom. The van der Waals surface area contributed by atoms with Crippen molar-refractivity contribution >= 4 is 33.6 Å². The summed E-state index contributed by atoms with van der Waals surface area (Å²) in [5, 5.41) is 6.41. The normalized spacial score (nSPS) is 11.4. The summed E-state index contributed by atoms with van der Waals surface area (Å²) in [5.74, 6) is 0.370. The minimum absolute atomic E-state index is 0.0264. The average molecular weight is 427 g/mol. The number of carbonyl (C=O) groups excluding carboxylic acids is 1. The van der Waals surface area contributed by atoms with Crippen LogP contribution in [0.5, 0.6) is 5.75 Å². The number of nitrogens with zero attached hydrogens (tertiary/aromatic N) is 1. The van der Waals surface area contributed by atoms with E-state index in [1.807, 2.05) is 18.2 Å². The molecular formula is C21H21N3O5S. The van der Waals surface area contributed by atoms with E-state index in [2.05, 4.69) is 15.2 Å². The van der Waals surface area contributed by atoms with Gasteiger partial charge in [-0.1, -0.05) is 23.4 Å². The van der Waals surface area contributed by atoms with Gasteiger partial charge in [-0.05, 0) is 50.3 Å². The van der Waals surface area contributed by atoms with Crippen LogP contribution in [-0.2, 0) is 14.8 Å². The highest BCUT2D eigenvalue weighted by Crippen LogP contribution is 2.23. The maximum atomic E-state index is 12.5. The molecule has 1 heterocycles. The third-order valence-corrected chi connectivity index (χ3v) is 5.72. The van der Waals surface area contributed by atoms with Crippen LogP contribution >= 0.6 is 0 Å². The van der Waals surface area contributed by atoms with Crippen LogP contribution in [0.4, 0.5) is 11.6 Å². The zero-order valence-electron chi connectivity index (χ0n) is 16.7. The van der Waals surface area contributed by atoms with Crippen LogP contribution in [0.3, 0.4) is 0 Å². The molecule has 0 atom stereocenters. The molecule has 0 fully saturated rings. The van der Waals surface area contributed by atoms with Gasteiger partial charge in [0.2, 0.25) is 11.8 Å². The van der Waals surface area contributed by atoms with Crippen LogP contribution in [0.15, 0.2) is 64.0 Å². The summed E-state index contributed by atoms with van der Waals surface area (Å²) in [6, 6.07) is 13.1. The molecule has 156 valence electrons. The van der Waals surface area contributed by atoms with Crippen molar-refractivity contribution in [1.29, 1.82) is 0 Å². The second-order valence-electron chi connectivity index (χ2n) is 6.42. The van der Waals surface area contributed by atoms with E-state index in [9.17, 15) is 13.2 Å². The highest BCUT2D eigenvalue weighted by Gasteiger charge is 2.19. The Kier molecular flexibility index (Phi) is 6.22. The van der Waals surface area contributed by atoms with Crippen LogP contribution < -0.4 is 14.8 Å². The van der Waals surface area contributed by atoms with Gasteiger partial charge in [0.05, 0.1) is 17.7 Å². The minimum atomic E-state index is -3.85. The molecule has 0 unspecified atom stereocenters. The molecule has 0 aliphatic rings. The largest absolute Gasteiger partial charge is 0.496 e. The Balaban J connectivity index is 1.67. The minimum Gasteiger partial charge on any atom is -0.496 e. The number of nitrogens with one attached hydrogen (secondary N) is 2. The summed E-state index contributed by atoms with van der Waals surface area (Å²) >= 11 is 0. The monoisotopic (exact) mass is 427 g/mol. The van der Waals surface area contributed by atoms with E-state index in [1.165, 1.54) is 30.3 Å². The summed E-state index contributed by atoms with van der Waals surface area (Å²) in [7, 11) is -2.29. The van der Waals surface area contributed by atoms with Crippen LogP contribution in [0.1, 0.15) is 16.8 Å². The first-order valence-electron chi connectivity index (χ1n) is 8.98. The van der Waals surface area contributed by atoms with E-state index in [1.54, 1.807) is 33.1 Å². The van der Waals surface area contributed by atoms with Gasteiger partial charge in [0, 0.05) is 22.9 Å². The lowest BCUT2D eigenvalue weighted by Crippen LogP contribution is -2.13. The predicted octanol–water partition coefficient (Wildman–Crippen LogP) is 3.75. The van der Waals surface area contributed by atoms with Crippen LogP contribution in [0.25, 0.3) is 6.08 Å². The topological polar surface area (TPSA) is 111 Å². The van der Waals surface area contributed by atoms with Crippen LogP contribution in [-0.4, -0.2) is 26.6 Å². The Morgan fingerprint density at radius 2 is 1.80 bits per heavy atom. The predicted molar refractivity (Wildman–Crippen MR) is 114 cm³/mol. The van der Waals surface area contributed by atoms with Gasteiger partial charge in [0.15, 0.2) is 0 Å². The number of rotatable bonds is 7. The van der Waals surface area contributed by atoms with Gasteiger partial charge in [-0.3, -0.25) is 4.79 Å². The summed E-state index contributed by atoms with van der Waals surface area (Å²) < 4.78 is 37.6. The molecule has 0 aliphatic carbocycles. The summed E-state index contributed by atoms with van der Waals surface area (Å²) in [6.45, 7) is 3.43. The Morgan fingerprint density at radius 3 is 2.43 bits per heavy atom. The number of aromatic nitrogens is 1. The lowest BCUT2D eigenvalue weighted by molar-refractivity contribution is -0.111. The second-order valence-corrected chi connectivity index (χ2v) is 8.10. The zero-order valence-corrected chi connectivity index (χ0v) is 17.5. The number of methoxy groups -OCH3 is 1. The molecule has 2 aromatic carbocycles. The molecule has 0 saturated carbocycles. The van der Waals surface area contributed by atoms with E-state index in [0.29, 0.717) is 22.7 Å². The fraction of sp³-hybridized carbons (Fsp3) is 0.143. The van der Waals surface area contributed by atoms with Crippen molar-refractivity contribution in [2.24, 2.45) is 0 Å². The summed E-state index contributed by atoms with van der Waals surface area (Å²) in [6.07, 6.45) is 3.01. The average Bonchev–Trinajstić information content (AvgIpc) is 3.04. The maximum Gasteiger partial charge on any atom is 0.264 e. The molecule has 0 bridgehead atoms. The van der Waals surface area contributed by atoms with Gasteiger partial charge < -0.3 is 14.6 Å². The molecule has 30 heavy (non-hydrogen) atoms. The smallest absolute Gasteiger partial charge is 0.264 e. The first-order valence-corrected chi connectivity index (χ1v) is 10.5. The van der Waals surface area contributed by atoms with Crippen LogP contribution in [0.2, 0.25) is 0 Å². The molecule has 0 aliphatic heterocycles. The van der Waals surface area contributed by atoms with Gasteiger partial charge in [-0.15, -0.1) is 0 Å². The SMILES string of the molecule is COc1ccccc1/C=C/C(=O)Nc1ccc(S(=O)(=O)Nc2onc(C)c2C)cc1. The first-order chi connectivity index (χ1) is 14.3. The number of hydrogen-bond acceptors (Lipinski definition) is 6. The molecule has 0 spiro atoms. The highest BCUT2D eigenvalue weighted by molar-refractivity contribution is 7.92. The molecule has 1 amide bonds. The maximum absolute atomic E-state index is 12.5. The Labute approximate surface area is 174 Å². The van der Waals surface area contributed by atoms with Gasteiger partial charge >= 0.3 is 0 Å². The lowest BCUT2D eigenvalue weighted by atomic mass is 10.2. The lowest BCUT2D eigenvalue weighted by Gasteiger charge is -2.07. The third-order valence-electron chi connectivity index (χ3n) is 4.37. The van der Waals surface area contributed by atoms with Crippen molar-refractivity contribution in [1.82, 2.24) is 5.16 Å². The molecule has 1 aromatic heterocycles. The van der Waals surface area contributed by atoms with Gasteiger partial charge in [-0.25, -0.2) is 13.1 Å². The summed E-state index contributed by atoms with van der Waals surface area (Å²) in [5.41, 5.74) is 2.44. The number of carbonyl (C=O) groups is 1. The number of ether oxygens (including phenoxy) is 1. The van der Waals surface area contributed by atoms with Gasteiger partial charge in [0.25, 0.3) is 10.0 Å². The number of benzene rings is 2. The van der Waals surface area contributed by atoms with Crippen molar-refractivity contribution in [2.45, 2.75) is 18.7 Å². The number of amides is 1. The van der Waals surface area contributed by atoms with Crippen molar-refractivity contribution in [3.05, 3.63) is 71.4 Å².